The molecule has 6 nitrogen and oxygen atoms in total. The van der Waals surface area contributed by atoms with Crippen molar-refractivity contribution < 1.29 is 4.79 Å². The van der Waals surface area contributed by atoms with Crippen molar-refractivity contribution in [3.63, 3.8) is 0 Å². The highest BCUT2D eigenvalue weighted by atomic mass is 16.2. The fraction of sp³-hybridized carbons (Fsp3) is 0.632. The van der Waals surface area contributed by atoms with Crippen LogP contribution in [0.2, 0.25) is 0 Å². The van der Waals surface area contributed by atoms with Crippen molar-refractivity contribution in [3.8, 4) is 0 Å². The van der Waals surface area contributed by atoms with E-state index in [1.165, 1.54) is 25.7 Å². The average molecular weight is 341 g/mol. The van der Waals surface area contributed by atoms with Gasteiger partial charge in [-0.15, -0.1) is 0 Å². The molecule has 1 amide bonds. The molecule has 2 aromatic rings. The molecule has 3 heterocycles. The summed E-state index contributed by atoms with van der Waals surface area (Å²) in [6.45, 7) is 3.80. The standard InChI is InChI=1S/C19H27N5O/c1-13-11-23(12-17(13)22(2)3)19(25)15-8-14-10-21-24(18(14)20-9-15)16-6-4-5-7-16/h8-10,13,16-17H,4-7,11-12H2,1-3H3. The maximum Gasteiger partial charge on any atom is 0.255 e. The van der Waals surface area contributed by atoms with Crippen molar-refractivity contribution in [2.75, 3.05) is 27.2 Å². The van der Waals surface area contributed by atoms with Gasteiger partial charge in [-0.3, -0.25) is 4.79 Å². The van der Waals surface area contributed by atoms with Crippen molar-refractivity contribution in [2.24, 2.45) is 5.92 Å². The van der Waals surface area contributed by atoms with Gasteiger partial charge in [0.05, 0.1) is 17.8 Å². The van der Waals surface area contributed by atoms with Gasteiger partial charge in [-0.2, -0.15) is 5.10 Å². The maximum absolute atomic E-state index is 12.9. The second-order valence-electron chi connectivity index (χ2n) is 7.88. The Kier molecular flexibility index (Phi) is 4.23. The Morgan fingerprint density at radius 2 is 1.96 bits per heavy atom. The van der Waals surface area contributed by atoms with E-state index in [1.807, 2.05) is 17.2 Å². The summed E-state index contributed by atoms with van der Waals surface area (Å²) in [5, 5.41) is 5.51. The van der Waals surface area contributed by atoms with E-state index in [-0.39, 0.29) is 5.91 Å². The highest BCUT2D eigenvalue weighted by Crippen LogP contribution is 2.31. The molecule has 1 saturated heterocycles. The Balaban J connectivity index is 1.57. The predicted octanol–water partition coefficient (Wildman–Crippen LogP) is 2.57. The molecule has 0 aromatic carbocycles. The summed E-state index contributed by atoms with van der Waals surface area (Å²) in [5.74, 6) is 0.569. The van der Waals surface area contributed by atoms with E-state index in [4.69, 9.17) is 0 Å². The first kappa shape index (κ1) is 16.5. The third kappa shape index (κ3) is 2.92. The highest BCUT2D eigenvalue weighted by molar-refractivity contribution is 5.97. The van der Waals surface area contributed by atoms with Crippen molar-refractivity contribution in [1.29, 1.82) is 0 Å². The number of hydrogen-bond donors (Lipinski definition) is 0. The van der Waals surface area contributed by atoms with Crippen LogP contribution in [-0.4, -0.2) is 63.7 Å². The van der Waals surface area contributed by atoms with Crippen molar-refractivity contribution in [3.05, 3.63) is 24.0 Å². The molecule has 2 atom stereocenters. The third-order valence-corrected chi connectivity index (χ3v) is 5.87. The van der Waals surface area contributed by atoms with Gasteiger partial charge in [0.1, 0.15) is 0 Å². The second-order valence-corrected chi connectivity index (χ2v) is 7.88. The van der Waals surface area contributed by atoms with Crippen LogP contribution in [0.25, 0.3) is 11.0 Å². The number of likely N-dealkylation sites (N-methyl/N-ethyl adjacent to an activating group) is 1. The SMILES string of the molecule is CC1CN(C(=O)c2cnc3c(cnn3C3CCCC3)c2)CC1N(C)C. The zero-order valence-corrected chi connectivity index (χ0v) is 15.4. The van der Waals surface area contributed by atoms with E-state index in [2.05, 4.69) is 40.7 Å². The van der Waals surface area contributed by atoms with Crippen LogP contribution in [-0.2, 0) is 0 Å². The zero-order valence-electron chi connectivity index (χ0n) is 15.4. The van der Waals surface area contributed by atoms with Crippen LogP contribution >= 0.6 is 0 Å². The van der Waals surface area contributed by atoms with E-state index in [0.29, 0.717) is 23.6 Å². The minimum atomic E-state index is 0.0826. The Labute approximate surface area is 148 Å². The molecule has 0 bridgehead atoms. The van der Waals surface area contributed by atoms with Crippen LogP contribution in [0.15, 0.2) is 18.5 Å². The number of nitrogens with zero attached hydrogens (tertiary/aromatic N) is 5. The molecule has 4 rings (SSSR count). The summed E-state index contributed by atoms with van der Waals surface area (Å²) in [7, 11) is 4.17. The molecule has 2 aromatic heterocycles. The van der Waals surface area contributed by atoms with Gasteiger partial charge in [0.15, 0.2) is 5.65 Å². The van der Waals surface area contributed by atoms with Crippen LogP contribution in [0.4, 0.5) is 0 Å². The Morgan fingerprint density at radius 3 is 2.64 bits per heavy atom. The van der Waals surface area contributed by atoms with Gasteiger partial charge in [-0.25, -0.2) is 9.67 Å². The van der Waals surface area contributed by atoms with Gasteiger partial charge in [0.2, 0.25) is 0 Å². The molecule has 1 saturated carbocycles. The highest BCUT2D eigenvalue weighted by Gasteiger charge is 2.34. The van der Waals surface area contributed by atoms with Gasteiger partial charge in [-0.05, 0) is 38.9 Å². The summed E-state index contributed by atoms with van der Waals surface area (Å²) >= 11 is 0. The molecule has 25 heavy (non-hydrogen) atoms. The fourth-order valence-corrected chi connectivity index (χ4v) is 4.44. The van der Waals surface area contributed by atoms with Gasteiger partial charge < -0.3 is 9.80 Å². The van der Waals surface area contributed by atoms with Crippen LogP contribution in [0.5, 0.6) is 0 Å². The van der Waals surface area contributed by atoms with Crippen LogP contribution in [0, 0.1) is 5.92 Å². The summed E-state index contributed by atoms with van der Waals surface area (Å²) < 4.78 is 2.05. The molecule has 0 N–H and O–H groups in total. The lowest BCUT2D eigenvalue weighted by molar-refractivity contribution is 0.0781. The topological polar surface area (TPSA) is 54.3 Å². The first-order chi connectivity index (χ1) is 12.0. The Hall–Kier alpha value is -1.95. The van der Waals surface area contributed by atoms with Gasteiger partial charge in [0.25, 0.3) is 5.91 Å². The number of carbonyl (C=O) groups is 1. The number of rotatable bonds is 3. The molecule has 134 valence electrons. The summed E-state index contributed by atoms with van der Waals surface area (Å²) in [4.78, 5) is 21.7. The normalized spacial score (nSPS) is 24.7. The number of aromatic nitrogens is 3. The van der Waals surface area contributed by atoms with Crippen LogP contribution in [0.1, 0.15) is 49.0 Å². The zero-order chi connectivity index (χ0) is 17.6. The van der Waals surface area contributed by atoms with Crippen LogP contribution in [0.3, 0.4) is 0 Å². The van der Waals surface area contributed by atoms with E-state index in [0.717, 1.165) is 24.1 Å². The van der Waals surface area contributed by atoms with E-state index < -0.39 is 0 Å². The van der Waals surface area contributed by atoms with Gasteiger partial charge in [0, 0.05) is 30.7 Å². The fourth-order valence-electron chi connectivity index (χ4n) is 4.44. The van der Waals surface area contributed by atoms with E-state index >= 15 is 0 Å². The molecule has 1 aliphatic carbocycles. The molecular weight excluding hydrogens is 314 g/mol. The third-order valence-electron chi connectivity index (χ3n) is 5.87. The maximum atomic E-state index is 12.9. The molecular formula is C19H27N5O. The molecule has 1 aliphatic heterocycles. The number of fused-ring (bicyclic) bond motifs is 1. The molecule has 2 unspecified atom stereocenters. The first-order valence-corrected chi connectivity index (χ1v) is 9.33. The predicted molar refractivity (Wildman–Crippen MR) is 97.6 cm³/mol. The summed E-state index contributed by atoms with van der Waals surface area (Å²) in [6.07, 6.45) is 8.47. The van der Waals surface area contributed by atoms with Crippen molar-refractivity contribution in [2.45, 2.75) is 44.7 Å². The lowest BCUT2D eigenvalue weighted by Gasteiger charge is -2.22. The first-order valence-electron chi connectivity index (χ1n) is 9.33. The minimum Gasteiger partial charge on any atom is -0.337 e. The van der Waals surface area contributed by atoms with E-state index in [1.54, 1.807) is 6.20 Å². The average Bonchev–Trinajstić information content (AvgIpc) is 3.32. The molecule has 0 spiro atoms. The number of pyridine rings is 1. The largest absolute Gasteiger partial charge is 0.337 e. The monoisotopic (exact) mass is 341 g/mol. The number of amides is 1. The quantitative estimate of drug-likeness (QED) is 0.861. The molecule has 2 fully saturated rings. The number of carbonyl (C=O) groups excluding carboxylic acids is 1. The Bertz CT molecular complexity index is 777. The molecule has 6 heteroatoms. The number of hydrogen-bond acceptors (Lipinski definition) is 4. The molecule has 2 aliphatic rings. The van der Waals surface area contributed by atoms with Crippen molar-refractivity contribution in [1.82, 2.24) is 24.6 Å². The van der Waals surface area contributed by atoms with Crippen molar-refractivity contribution >= 4 is 16.9 Å². The molecule has 0 radical (unpaired) electrons. The lowest BCUT2D eigenvalue weighted by Crippen LogP contribution is -2.35. The van der Waals surface area contributed by atoms with Crippen LogP contribution < -0.4 is 0 Å². The number of likely N-dealkylation sites (tertiary alicyclic amines) is 1. The van der Waals surface area contributed by atoms with E-state index in [9.17, 15) is 4.79 Å². The summed E-state index contributed by atoms with van der Waals surface area (Å²) in [5.41, 5.74) is 1.58. The Morgan fingerprint density at radius 1 is 1.20 bits per heavy atom. The minimum absolute atomic E-state index is 0.0826. The van der Waals surface area contributed by atoms with Gasteiger partial charge >= 0.3 is 0 Å². The van der Waals surface area contributed by atoms with Gasteiger partial charge in [-0.1, -0.05) is 19.8 Å². The smallest absolute Gasteiger partial charge is 0.255 e. The lowest BCUT2D eigenvalue weighted by atomic mass is 10.1. The second kappa shape index (κ2) is 6.41. The summed E-state index contributed by atoms with van der Waals surface area (Å²) in [6, 6.07) is 2.84.